The van der Waals surface area contributed by atoms with Crippen LogP contribution in [0.15, 0.2) is 59.1 Å². The number of ether oxygens (including phenoxy) is 3. The number of nitrogens with one attached hydrogen (secondary N) is 1. The zero-order valence-corrected chi connectivity index (χ0v) is 16.8. The lowest BCUT2D eigenvalue weighted by Crippen LogP contribution is -2.02. The predicted octanol–water partition coefficient (Wildman–Crippen LogP) is 4.34. The molecule has 31 heavy (non-hydrogen) atoms. The number of pyridine rings is 1. The Labute approximate surface area is 177 Å². The van der Waals surface area contributed by atoms with E-state index in [1.165, 1.54) is 12.3 Å². The first-order valence-electron chi connectivity index (χ1n) is 9.28. The van der Waals surface area contributed by atoms with Crippen molar-refractivity contribution in [2.45, 2.75) is 6.54 Å². The molecule has 0 aliphatic heterocycles. The fraction of sp³-hybridized carbons (Fsp3) is 0.136. The molecular weight excluding hydrogens is 402 g/mol. The lowest BCUT2D eigenvalue weighted by Gasteiger charge is -2.10. The van der Waals surface area contributed by atoms with Crippen LogP contribution < -0.4 is 19.5 Å². The number of oxazole rings is 1. The maximum atomic E-state index is 11.1. The van der Waals surface area contributed by atoms with Crippen molar-refractivity contribution in [2.75, 3.05) is 19.5 Å². The molecule has 0 unspecified atom stereocenters. The van der Waals surface area contributed by atoms with Gasteiger partial charge in [-0.3, -0.25) is 0 Å². The first-order valence-corrected chi connectivity index (χ1v) is 9.28. The Morgan fingerprint density at radius 3 is 2.61 bits per heavy atom. The zero-order valence-electron chi connectivity index (χ0n) is 16.8. The van der Waals surface area contributed by atoms with Gasteiger partial charge in [0.05, 0.1) is 14.2 Å². The number of hydrogen-bond donors (Lipinski definition) is 2. The minimum Gasteiger partial charge on any atom is -0.497 e. The summed E-state index contributed by atoms with van der Waals surface area (Å²) >= 11 is 0. The van der Waals surface area contributed by atoms with Crippen LogP contribution in [-0.4, -0.2) is 35.3 Å². The van der Waals surface area contributed by atoms with Gasteiger partial charge in [-0.2, -0.15) is 4.98 Å². The topological polar surface area (TPSA) is 116 Å². The van der Waals surface area contributed by atoms with Gasteiger partial charge in [0.1, 0.15) is 28.5 Å². The van der Waals surface area contributed by atoms with E-state index >= 15 is 0 Å². The maximum Gasteiger partial charge on any atom is 0.354 e. The third-order valence-electron chi connectivity index (χ3n) is 4.46. The molecular formula is C22H19N3O6. The molecule has 2 N–H and O–H groups in total. The first-order chi connectivity index (χ1) is 15.1. The van der Waals surface area contributed by atoms with Gasteiger partial charge in [-0.05, 0) is 36.4 Å². The number of aromatic nitrogens is 2. The second-order valence-corrected chi connectivity index (χ2v) is 6.46. The Kier molecular flexibility index (Phi) is 5.57. The van der Waals surface area contributed by atoms with Crippen LogP contribution in [0.25, 0.3) is 11.1 Å². The molecule has 0 spiro atoms. The Balaban J connectivity index is 1.50. The van der Waals surface area contributed by atoms with E-state index in [2.05, 4.69) is 15.3 Å². The van der Waals surface area contributed by atoms with Crippen molar-refractivity contribution in [3.05, 3.63) is 66.0 Å². The minimum atomic E-state index is -1.13. The van der Waals surface area contributed by atoms with E-state index in [-0.39, 0.29) is 5.69 Å². The van der Waals surface area contributed by atoms with E-state index in [1.54, 1.807) is 38.5 Å². The first kappa shape index (κ1) is 20.0. The van der Waals surface area contributed by atoms with Crippen LogP contribution in [0.3, 0.4) is 0 Å². The van der Waals surface area contributed by atoms with Gasteiger partial charge in [0.15, 0.2) is 11.3 Å². The van der Waals surface area contributed by atoms with Crippen molar-refractivity contribution < 1.29 is 28.5 Å². The Hall–Kier alpha value is -4.27. The third-order valence-corrected chi connectivity index (χ3v) is 4.46. The SMILES string of the molecule is COc1ccc(OC)c(CNc2nc3ccc(Oc4ccnc(C(=O)O)c4)cc3o2)c1. The van der Waals surface area contributed by atoms with Gasteiger partial charge >= 0.3 is 5.97 Å². The van der Waals surface area contributed by atoms with Crippen molar-refractivity contribution in [2.24, 2.45) is 0 Å². The summed E-state index contributed by atoms with van der Waals surface area (Å²) in [4.78, 5) is 19.2. The second-order valence-electron chi connectivity index (χ2n) is 6.46. The zero-order chi connectivity index (χ0) is 21.8. The summed E-state index contributed by atoms with van der Waals surface area (Å²) in [7, 11) is 3.21. The Morgan fingerprint density at radius 2 is 1.84 bits per heavy atom. The Bertz CT molecular complexity index is 1240. The Morgan fingerprint density at radius 1 is 1.03 bits per heavy atom. The normalized spacial score (nSPS) is 10.6. The van der Waals surface area contributed by atoms with Crippen molar-refractivity contribution >= 4 is 23.1 Å². The van der Waals surface area contributed by atoms with Crippen LogP contribution in [0.2, 0.25) is 0 Å². The summed E-state index contributed by atoms with van der Waals surface area (Å²) in [6, 6.07) is 14.0. The number of carboxylic acids is 1. The van der Waals surface area contributed by atoms with Gasteiger partial charge in [-0.1, -0.05) is 0 Å². The number of rotatable bonds is 8. The predicted molar refractivity (Wildman–Crippen MR) is 112 cm³/mol. The molecule has 4 aromatic rings. The number of fused-ring (bicyclic) bond motifs is 1. The lowest BCUT2D eigenvalue weighted by molar-refractivity contribution is 0.0690. The standard InChI is InChI=1S/C22H19N3O6/c1-28-14-4-6-19(29-2)13(9-14)12-24-22-25-17-5-3-15(11-20(17)31-22)30-16-7-8-23-18(10-16)21(26)27/h3-11H,12H2,1-2H3,(H,24,25)(H,26,27). The molecule has 0 aliphatic carbocycles. The summed E-state index contributed by atoms with van der Waals surface area (Å²) in [5, 5.41) is 12.2. The van der Waals surface area contributed by atoms with Gasteiger partial charge in [0, 0.05) is 30.4 Å². The molecule has 2 aromatic heterocycles. The van der Waals surface area contributed by atoms with E-state index in [4.69, 9.17) is 23.7 Å². The summed E-state index contributed by atoms with van der Waals surface area (Å²) < 4.78 is 22.2. The summed E-state index contributed by atoms with van der Waals surface area (Å²) in [5.74, 6) is 1.15. The average Bonchev–Trinajstić information content (AvgIpc) is 3.19. The molecule has 9 nitrogen and oxygen atoms in total. The van der Waals surface area contributed by atoms with Crippen molar-refractivity contribution in [3.63, 3.8) is 0 Å². The molecule has 158 valence electrons. The smallest absolute Gasteiger partial charge is 0.354 e. The van der Waals surface area contributed by atoms with E-state index in [0.717, 1.165) is 17.1 Å². The van der Waals surface area contributed by atoms with Crippen LogP contribution in [0.1, 0.15) is 16.1 Å². The highest BCUT2D eigenvalue weighted by Gasteiger charge is 2.11. The largest absolute Gasteiger partial charge is 0.497 e. The molecule has 0 saturated carbocycles. The van der Waals surface area contributed by atoms with E-state index < -0.39 is 5.97 Å². The fourth-order valence-electron chi connectivity index (χ4n) is 2.96. The maximum absolute atomic E-state index is 11.1. The lowest BCUT2D eigenvalue weighted by atomic mass is 10.2. The van der Waals surface area contributed by atoms with Crippen LogP contribution >= 0.6 is 0 Å². The van der Waals surface area contributed by atoms with E-state index in [0.29, 0.717) is 35.2 Å². The molecule has 0 bridgehead atoms. The van der Waals surface area contributed by atoms with Gasteiger partial charge < -0.3 is 29.1 Å². The number of carboxylic acid groups (broad SMARTS) is 1. The fourth-order valence-corrected chi connectivity index (χ4v) is 2.96. The number of anilines is 1. The second kappa shape index (κ2) is 8.62. The van der Waals surface area contributed by atoms with Crippen molar-refractivity contribution in [1.29, 1.82) is 0 Å². The van der Waals surface area contributed by atoms with Crippen LogP contribution in [0.4, 0.5) is 6.01 Å². The monoisotopic (exact) mass is 421 g/mol. The van der Waals surface area contributed by atoms with E-state index in [9.17, 15) is 4.79 Å². The minimum absolute atomic E-state index is 0.0994. The molecule has 4 rings (SSSR count). The third kappa shape index (κ3) is 4.50. The highest BCUT2D eigenvalue weighted by molar-refractivity contribution is 5.85. The van der Waals surface area contributed by atoms with Gasteiger partial charge in [0.25, 0.3) is 6.01 Å². The highest BCUT2D eigenvalue weighted by atomic mass is 16.5. The summed E-state index contributed by atoms with van der Waals surface area (Å²) in [6.45, 7) is 0.422. The summed E-state index contributed by atoms with van der Waals surface area (Å²) in [5.41, 5.74) is 1.95. The molecule has 0 fully saturated rings. The number of hydrogen-bond acceptors (Lipinski definition) is 8. The van der Waals surface area contributed by atoms with Gasteiger partial charge in [0.2, 0.25) is 0 Å². The van der Waals surface area contributed by atoms with Crippen LogP contribution in [0, 0.1) is 0 Å². The highest BCUT2D eigenvalue weighted by Crippen LogP contribution is 2.29. The quantitative estimate of drug-likeness (QED) is 0.428. The van der Waals surface area contributed by atoms with Crippen molar-refractivity contribution in [3.8, 4) is 23.0 Å². The molecule has 0 saturated heterocycles. The molecule has 0 aliphatic rings. The number of benzene rings is 2. The summed E-state index contributed by atoms with van der Waals surface area (Å²) in [6.07, 6.45) is 1.38. The molecule has 0 atom stereocenters. The van der Waals surface area contributed by atoms with Gasteiger partial charge in [-0.15, -0.1) is 0 Å². The molecule has 0 amide bonds. The number of methoxy groups -OCH3 is 2. The number of aromatic carboxylic acids is 1. The number of nitrogens with zero attached hydrogens (tertiary/aromatic N) is 2. The molecule has 9 heteroatoms. The van der Waals surface area contributed by atoms with Crippen LogP contribution in [0.5, 0.6) is 23.0 Å². The number of carbonyl (C=O) groups is 1. The molecule has 0 radical (unpaired) electrons. The molecule has 2 aromatic carbocycles. The van der Waals surface area contributed by atoms with Gasteiger partial charge in [-0.25, -0.2) is 9.78 Å². The average molecular weight is 421 g/mol. The van der Waals surface area contributed by atoms with Crippen molar-refractivity contribution in [1.82, 2.24) is 9.97 Å². The van der Waals surface area contributed by atoms with Crippen LogP contribution in [-0.2, 0) is 6.54 Å². The van der Waals surface area contributed by atoms with E-state index in [1.807, 2.05) is 18.2 Å². The molecule has 2 heterocycles.